The van der Waals surface area contributed by atoms with Crippen LogP contribution in [-0.2, 0) is 4.79 Å². The predicted octanol–water partition coefficient (Wildman–Crippen LogP) is 2.32. The van der Waals surface area contributed by atoms with Crippen molar-refractivity contribution in [1.29, 1.82) is 0 Å². The number of rotatable bonds is 8. The van der Waals surface area contributed by atoms with Crippen molar-refractivity contribution >= 4 is 11.6 Å². The number of carbonyl (C=O) groups is 1. The Morgan fingerprint density at radius 1 is 1.25 bits per heavy atom. The number of amides is 1. The highest BCUT2D eigenvalue weighted by atomic mass is 16.3. The minimum atomic E-state index is -0.392. The van der Waals surface area contributed by atoms with Crippen LogP contribution < -0.4 is 10.6 Å². The zero-order chi connectivity index (χ0) is 15.0. The number of aliphatic hydroxyl groups excluding tert-OH is 1. The third-order valence-corrected chi connectivity index (χ3v) is 3.65. The summed E-state index contributed by atoms with van der Waals surface area (Å²) >= 11 is 0. The summed E-state index contributed by atoms with van der Waals surface area (Å²) in [6.45, 7) is 6.77. The van der Waals surface area contributed by atoms with E-state index in [0.29, 0.717) is 12.5 Å². The number of para-hydroxylation sites is 1. The lowest BCUT2D eigenvalue weighted by Gasteiger charge is -2.20. The average molecular weight is 278 g/mol. The van der Waals surface area contributed by atoms with Crippen LogP contribution >= 0.6 is 0 Å². The second-order valence-corrected chi connectivity index (χ2v) is 5.14. The van der Waals surface area contributed by atoms with Gasteiger partial charge in [0.1, 0.15) is 0 Å². The molecule has 1 aromatic rings. The lowest BCUT2D eigenvalue weighted by Crippen LogP contribution is -2.37. The van der Waals surface area contributed by atoms with Crippen molar-refractivity contribution in [2.24, 2.45) is 5.92 Å². The van der Waals surface area contributed by atoms with E-state index in [1.165, 1.54) is 0 Å². The highest BCUT2D eigenvalue weighted by molar-refractivity contribution is 5.92. The molecule has 1 aromatic carbocycles. The van der Waals surface area contributed by atoms with E-state index in [1.807, 2.05) is 31.2 Å². The highest BCUT2D eigenvalue weighted by Crippen LogP contribution is 2.13. The van der Waals surface area contributed by atoms with Gasteiger partial charge in [0.2, 0.25) is 5.91 Å². The predicted molar refractivity (Wildman–Crippen MR) is 82.8 cm³/mol. The number of hydrogen-bond donors (Lipinski definition) is 3. The zero-order valence-electron chi connectivity index (χ0n) is 12.6. The number of anilines is 1. The van der Waals surface area contributed by atoms with Crippen LogP contribution in [0.1, 0.15) is 32.3 Å². The second kappa shape index (κ2) is 8.72. The molecule has 4 heteroatoms. The maximum atomic E-state index is 11.8. The first-order valence-corrected chi connectivity index (χ1v) is 7.32. The minimum absolute atomic E-state index is 0.0870. The van der Waals surface area contributed by atoms with Gasteiger partial charge in [0.15, 0.2) is 0 Å². The lowest BCUT2D eigenvalue weighted by atomic mass is 9.97. The molecule has 0 saturated carbocycles. The maximum Gasteiger partial charge on any atom is 0.238 e. The number of hydrogen-bond acceptors (Lipinski definition) is 3. The van der Waals surface area contributed by atoms with Crippen LogP contribution in [0.5, 0.6) is 0 Å². The van der Waals surface area contributed by atoms with Crippen LogP contribution in [0, 0.1) is 12.8 Å². The molecule has 0 heterocycles. The summed E-state index contributed by atoms with van der Waals surface area (Å²) in [5, 5.41) is 15.8. The van der Waals surface area contributed by atoms with E-state index in [-0.39, 0.29) is 12.5 Å². The van der Waals surface area contributed by atoms with Crippen molar-refractivity contribution in [2.75, 3.05) is 18.4 Å². The van der Waals surface area contributed by atoms with Gasteiger partial charge in [-0.05, 0) is 24.5 Å². The van der Waals surface area contributed by atoms with Crippen molar-refractivity contribution in [2.45, 2.75) is 39.7 Å². The Hall–Kier alpha value is -1.39. The van der Waals surface area contributed by atoms with E-state index in [1.54, 1.807) is 0 Å². The fraction of sp³-hybridized carbons (Fsp3) is 0.562. The Morgan fingerprint density at radius 2 is 1.90 bits per heavy atom. The number of aryl methyl sites for hydroxylation is 1. The van der Waals surface area contributed by atoms with Gasteiger partial charge in [-0.15, -0.1) is 0 Å². The zero-order valence-corrected chi connectivity index (χ0v) is 12.6. The topological polar surface area (TPSA) is 61.4 Å². The van der Waals surface area contributed by atoms with Gasteiger partial charge in [-0.25, -0.2) is 0 Å². The molecule has 20 heavy (non-hydrogen) atoms. The maximum absolute atomic E-state index is 11.8. The van der Waals surface area contributed by atoms with Gasteiger partial charge in [-0.2, -0.15) is 0 Å². The summed E-state index contributed by atoms with van der Waals surface area (Å²) in [5.41, 5.74) is 1.87. The van der Waals surface area contributed by atoms with Crippen molar-refractivity contribution in [3.8, 4) is 0 Å². The Labute approximate surface area is 121 Å². The van der Waals surface area contributed by atoms with Crippen LogP contribution in [-0.4, -0.2) is 30.2 Å². The third-order valence-electron chi connectivity index (χ3n) is 3.65. The van der Waals surface area contributed by atoms with Crippen molar-refractivity contribution in [3.05, 3.63) is 29.8 Å². The minimum Gasteiger partial charge on any atom is -0.392 e. The first kappa shape index (κ1) is 16.7. The normalized spacial score (nSPS) is 12.4. The molecule has 1 rings (SSSR count). The SMILES string of the molecule is CCC(CC)C(O)CNCC(=O)Nc1ccccc1C. The summed E-state index contributed by atoms with van der Waals surface area (Å²) in [7, 11) is 0. The molecule has 0 aliphatic carbocycles. The molecule has 1 atom stereocenters. The molecule has 0 bridgehead atoms. The quantitative estimate of drug-likeness (QED) is 0.684. The molecular formula is C16H26N2O2. The van der Waals surface area contributed by atoms with E-state index in [4.69, 9.17) is 0 Å². The van der Waals surface area contributed by atoms with E-state index in [0.717, 1.165) is 24.1 Å². The van der Waals surface area contributed by atoms with E-state index >= 15 is 0 Å². The molecule has 1 unspecified atom stereocenters. The average Bonchev–Trinajstić information content (AvgIpc) is 2.43. The molecule has 3 N–H and O–H groups in total. The van der Waals surface area contributed by atoms with Gasteiger partial charge in [0.05, 0.1) is 12.6 Å². The smallest absolute Gasteiger partial charge is 0.238 e. The van der Waals surface area contributed by atoms with Gasteiger partial charge in [-0.3, -0.25) is 4.79 Å². The monoisotopic (exact) mass is 278 g/mol. The van der Waals surface area contributed by atoms with Gasteiger partial charge >= 0.3 is 0 Å². The van der Waals surface area contributed by atoms with E-state index in [9.17, 15) is 9.90 Å². The van der Waals surface area contributed by atoms with Crippen LogP contribution in [0.3, 0.4) is 0 Å². The van der Waals surface area contributed by atoms with E-state index < -0.39 is 6.10 Å². The lowest BCUT2D eigenvalue weighted by molar-refractivity contribution is -0.115. The fourth-order valence-corrected chi connectivity index (χ4v) is 2.24. The Bertz CT molecular complexity index is 417. The summed E-state index contributed by atoms with van der Waals surface area (Å²) in [4.78, 5) is 11.8. The molecule has 112 valence electrons. The summed E-state index contributed by atoms with van der Waals surface area (Å²) in [6.07, 6.45) is 1.51. The standard InChI is InChI=1S/C16H26N2O2/c1-4-13(5-2)15(19)10-17-11-16(20)18-14-9-7-6-8-12(14)3/h6-9,13,15,17,19H,4-5,10-11H2,1-3H3,(H,18,20). The Balaban J connectivity index is 2.32. The van der Waals surface area contributed by atoms with Gasteiger partial charge in [-0.1, -0.05) is 44.9 Å². The van der Waals surface area contributed by atoms with Gasteiger partial charge < -0.3 is 15.7 Å². The Kier molecular flexibility index (Phi) is 7.26. The summed E-state index contributed by atoms with van der Waals surface area (Å²) < 4.78 is 0. The fourth-order valence-electron chi connectivity index (χ4n) is 2.24. The number of aliphatic hydroxyl groups is 1. The van der Waals surface area contributed by atoms with Crippen molar-refractivity contribution in [3.63, 3.8) is 0 Å². The first-order chi connectivity index (χ1) is 9.58. The van der Waals surface area contributed by atoms with Crippen LogP contribution in [0.25, 0.3) is 0 Å². The molecule has 4 nitrogen and oxygen atoms in total. The molecule has 0 aliphatic rings. The molecule has 0 radical (unpaired) electrons. The summed E-state index contributed by atoms with van der Waals surface area (Å²) in [5.74, 6) is 0.206. The highest BCUT2D eigenvalue weighted by Gasteiger charge is 2.15. The van der Waals surface area contributed by atoms with Gasteiger partial charge in [0.25, 0.3) is 0 Å². The van der Waals surface area contributed by atoms with Crippen LogP contribution in [0.15, 0.2) is 24.3 Å². The van der Waals surface area contributed by atoms with Gasteiger partial charge in [0, 0.05) is 12.2 Å². The molecule has 0 aromatic heterocycles. The van der Waals surface area contributed by atoms with Crippen molar-refractivity contribution in [1.82, 2.24) is 5.32 Å². The summed E-state index contributed by atoms with van der Waals surface area (Å²) in [6, 6.07) is 7.67. The molecule has 0 fully saturated rings. The molecule has 1 amide bonds. The number of benzene rings is 1. The molecular weight excluding hydrogens is 252 g/mol. The largest absolute Gasteiger partial charge is 0.392 e. The molecule has 0 spiro atoms. The Morgan fingerprint density at radius 3 is 2.50 bits per heavy atom. The van der Waals surface area contributed by atoms with Crippen molar-refractivity contribution < 1.29 is 9.90 Å². The number of carbonyl (C=O) groups excluding carboxylic acids is 1. The molecule has 0 saturated heterocycles. The molecule has 0 aliphatic heterocycles. The van der Waals surface area contributed by atoms with Crippen LogP contribution in [0.2, 0.25) is 0 Å². The third kappa shape index (κ3) is 5.31. The first-order valence-electron chi connectivity index (χ1n) is 7.32. The van der Waals surface area contributed by atoms with Crippen LogP contribution in [0.4, 0.5) is 5.69 Å². The van der Waals surface area contributed by atoms with E-state index in [2.05, 4.69) is 24.5 Å². The number of nitrogens with one attached hydrogen (secondary N) is 2. The second-order valence-electron chi connectivity index (χ2n) is 5.14.